The average Bonchev–Trinajstić information content (AvgIpc) is 3.07. The number of hydrogen-bond acceptors (Lipinski definition) is 2. The molecule has 0 spiro atoms. The number of rotatable bonds is 3. The lowest BCUT2D eigenvalue weighted by Gasteiger charge is -2.08. The summed E-state index contributed by atoms with van der Waals surface area (Å²) < 4.78 is 2.17. The topological polar surface area (TPSA) is 34.9 Å². The third-order valence-corrected chi connectivity index (χ3v) is 2.97. The maximum Gasteiger partial charge on any atom is 0.150 e. The first-order chi connectivity index (χ1) is 7.90. The number of nitrogens with zero attached hydrogens (tertiary/aromatic N) is 2. The first-order valence-corrected chi connectivity index (χ1v) is 5.46. The molecule has 0 atom stereocenters. The number of aldehydes is 1. The van der Waals surface area contributed by atoms with Crippen LogP contribution in [0.25, 0.3) is 11.3 Å². The summed E-state index contributed by atoms with van der Waals surface area (Å²) in [4.78, 5) is 15.2. The number of hydrogen-bond donors (Lipinski definition) is 0. The first kappa shape index (κ1) is 9.33. The minimum absolute atomic E-state index is 0.581. The standard InChI is InChI=1S/C13H12N2O/c16-8-10-3-1-2-4-12(10)13-7-14-9-15(13)11-5-6-11/h1-4,7-9,11H,5-6H2. The summed E-state index contributed by atoms with van der Waals surface area (Å²) in [6.07, 6.45) is 7.02. The van der Waals surface area contributed by atoms with Crippen LogP contribution in [-0.4, -0.2) is 15.8 Å². The van der Waals surface area contributed by atoms with Crippen LogP contribution in [0.2, 0.25) is 0 Å². The van der Waals surface area contributed by atoms with Gasteiger partial charge < -0.3 is 4.57 Å². The van der Waals surface area contributed by atoms with Crippen molar-refractivity contribution in [1.82, 2.24) is 9.55 Å². The Morgan fingerprint density at radius 3 is 2.88 bits per heavy atom. The van der Waals surface area contributed by atoms with Crippen molar-refractivity contribution in [2.75, 3.05) is 0 Å². The average molecular weight is 212 g/mol. The van der Waals surface area contributed by atoms with Gasteiger partial charge in [-0.25, -0.2) is 4.98 Å². The monoisotopic (exact) mass is 212 g/mol. The van der Waals surface area contributed by atoms with Gasteiger partial charge in [0.1, 0.15) is 0 Å². The van der Waals surface area contributed by atoms with Crippen LogP contribution in [0.1, 0.15) is 29.2 Å². The molecule has 3 nitrogen and oxygen atoms in total. The Morgan fingerprint density at radius 2 is 2.12 bits per heavy atom. The molecule has 3 heteroatoms. The molecular formula is C13H12N2O. The third kappa shape index (κ3) is 1.45. The molecule has 1 aliphatic carbocycles. The first-order valence-electron chi connectivity index (χ1n) is 5.46. The van der Waals surface area contributed by atoms with Gasteiger partial charge >= 0.3 is 0 Å². The largest absolute Gasteiger partial charge is 0.327 e. The van der Waals surface area contributed by atoms with Gasteiger partial charge in [0.15, 0.2) is 6.29 Å². The molecule has 16 heavy (non-hydrogen) atoms. The second kappa shape index (κ2) is 3.59. The number of benzene rings is 1. The summed E-state index contributed by atoms with van der Waals surface area (Å²) in [5.41, 5.74) is 2.75. The van der Waals surface area contributed by atoms with Gasteiger partial charge in [-0.2, -0.15) is 0 Å². The van der Waals surface area contributed by atoms with Crippen molar-refractivity contribution < 1.29 is 4.79 Å². The van der Waals surface area contributed by atoms with E-state index >= 15 is 0 Å². The van der Waals surface area contributed by atoms with Crippen molar-refractivity contribution in [2.24, 2.45) is 0 Å². The zero-order valence-corrected chi connectivity index (χ0v) is 8.84. The van der Waals surface area contributed by atoms with Crippen LogP contribution in [0.15, 0.2) is 36.8 Å². The predicted octanol–water partition coefficient (Wildman–Crippen LogP) is 2.70. The van der Waals surface area contributed by atoms with Gasteiger partial charge in [0.25, 0.3) is 0 Å². The highest BCUT2D eigenvalue weighted by Crippen LogP contribution is 2.38. The van der Waals surface area contributed by atoms with E-state index in [1.54, 1.807) is 0 Å². The molecule has 1 heterocycles. The molecule has 0 N–H and O–H groups in total. The maximum absolute atomic E-state index is 11.0. The molecule has 3 rings (SSSR count). The summed E-state index contributed by atoms with van der Waals surface area (Å²) >= 11 is 0. The number of aromatic nitrogens is 2. The molecule has 0 aliphatic heterocycles. The van der Waals surface area contributed by atoms with Gasteiger partial charge in [0.05, 0.1) is 18.2 Å². The van der Waals surface area contributed by atoms with E-state index in [9.17, 15) is 4.79 Å². The summed E-state index contributed by atoms with van der Waals surface area (Å²) in [5.74, 6) is 0. The van der Waals surface area contributed by atoms with Crippen molar-refractivity contribution >= 4 is 6.29 Å². The third-order valence-electron chi connectivity index (χ3n) is 2.97. The molecule has 0 saturated heterocycles. The van der Waals surface area contributed by atoms with Crippen molar-refractivity contribution in [1.29, 1.82) is 0 Å². The Bertz CT molecular complexity index is 526. The van der Waals surface area contributed by atoms with E-state index in [4.69, 9.17) is 0 Å². The molecule has 1 aromatic carbocycles. The van der Waals surface area contributed by atoms with E-state index in [0.29, 0.717) is 6.04 Å². The Kier molecular flexibility index (Phi) is 2.10. The van der Waals surface area contributed by atoms with E-state index in [2.05, 4.69) is 9.55 Å². The van der Waals surface area contributed by atoms with E-state index in [-0.39, 0.29) is 0 Å². The highest BCUT2D eigenvalue weighted by atomic mass is 16.1. The Hall–Kier alpha value is -1.90. The van der Waals surface area contributed by atoms with E-state index in [1.807, 2.05) is 36.8 Å². The second-order valence-electron chi connectivity index (χ2n) is 4.12. The second-order valence-corrected chi connectivity index (χ2v) is 4.12. The van der Waals surface area contributed by atoms with Gasteiger partial charge in [-0.1, -0.05) is 24.3 Å². The van der Waals surface area contributed by atoms with Crippen LogP contribution < -0.4 is 0 Å². The zero-order valence-electron chi connectivity index (χ0n) is 8.84. The van der Waals surface area contributed by atoms with Gasteiger partial charge in [0.2, 0.25) is 0 Å². The van der Waals surface area contributed by atoms with Gasteiger partial charge in [0, 0.05) is 17.2 Å². The smallest absolute Gasteiger partial charge is 0.150 e. The normalized spacial score (nSPS) is 15.0. The number of imidazole rings is 1. The van der Waals surface area contributed by atoms with E-state index in [1.165, 1.54) is 12.8 Å². The summed E-state index contributed by atoms with van der Waals surface area (Å²) in [6, 6.07) is 8.22. The lowest BCUT2D eigenvalue weighted by molar-refractivity contribution is 0.112. The van der Waals surface area contributed by atoms with Crippen LogP contribution >= 0.6 is 0 Å². The van der Waals surface area contributed by atoms with Crippen LogP contribution in [0.4, 0.5) is 0 Å². The van der Waals surface area contributed by atoms with E-state index in [0.717, 1.165) is 23.1 Å². The highest BCUT2D eigenvalue weighted by molar-refractivity contribution is 5.86. The Morgan fingerprint density at radius 1 is 1.31 bits per heavy atom. The summed E-state index contributed by atoms with van der Waals surface area (Å²) in [5, 5.41) is 0. The Labute approximate surface area is 93.7 Å². The van der Waals surface area contributed by atoms with Crippen LogP contribution in [0.5, 0.6) is 0 Å². The molecule has 0 radical (unpaired) electrons. The van der Waals surface area contributed by atoms with Gasteiger partial charge in [-0.05, 0) is 12.8 Å². The van der Waals surface area contributed by atoms with Gasteiger partial charge in [-0.15, -0.1) is 0 Å². The number of carbonyl (C=O) groups excluding carboxylic acids is 1. The van der Waals surface area contributed by atoms with Crippen LogP contribution in [-0.2, 0) is 0 Å². The Balaban J connectivity index is 2.13. The van der Waals surface area contributed by atoms with Crippen molar-refractivity contribution in [2.45, 2.75) is 18.9 Å². The molecule has 80 valence electrons. The van der Waals surface area contributed by atoms with Crippen LogP contribution in [0.3, 0.4) is 0 Å². The molecule has 1 aliphatic rings. The minimum Gasteiger partial charge on any atom is -0.327 e. The quantitative estimate of drug-likeness (QED) is 0.733. The van der Waals surface area contributed by atoms with Gasteiger partial charge in [-0.3, -0.25) is 4.79 Å². The minimum atomic E-state index is 0.581. The highest BCUT2D eigenvalue weighted by Gasteiger charge is 2.26. The fraction of sp³-hybridized carbons (Fsp3) is 0.231. The van der Waals surface area contributed by atoms with Crippen molar-refractivity contribution in [3.8, 4) is 11.3 Å². The molecule has 1 saturated carbocycles. The lowest BCUT2D eigenvalue weighted by Crippen LogP contribution is -1.96. The predicted molar refractivity (Wildman–Crippen MR) is 61.3 cm³/mol. The molecule has 1 aromatic heterocycles. The summed E-state index contributed by atoms with van der Waals surface area (Å²) in [7, 11) is 0. The molecule has 0 amide bonds. The lowest BCUT2D eigenvalue weighted by atomic mass is 10.1. The maximum atomic E-state index is 11.0. The summed E-state index contributed by atoms with van der Waals surface area (Å²) in [6.45, 7) is 0. The molecule has 1 fully saturated rings. The number of carbonyl (C=O) groups is 1. The molecule has 0 bridgehead atoms. The van der Waals surface area contributed by atoms with E-state index < -0.39 is 0 Å². The van der Waals surface area contributed by atoms with Crippen LogP contribution in [0, 0.1) is 0 Å². The fourth-order valence-electron chi connectivity index (χ4n) is 1.99. The SMILES string of the molecule is O=Cc1ccccc1-c1cncn1C1CC1. The van der Waals surface area contributed by atoms with Crippen molar-refractivity contribution in [3.63, 3.8) is 0 Å². The molecular weight excluding hydrogens is 200 g/mol. The van der Waals surface area contributed by atoms with Crippen molar-refractivity contribution in [3.05, 3.63) is 42.4 Å². The molecule has 2 aromatic rings. The fourth-order valence-corrected chi connectivity index (χ4v) is 1.99. The zero-order chi connectivity index (χ0) is 11.0. The molecule has 0 unspecified atom stereocenters.